The molecule has 0 aliphatic carbocycles. The summed E-state index contributed by atoms with van der Waals surface area (Å²) in [6, 6.07) is 0. The summed E-state index contributed by atoms with van der Waals surface area (Å²) in [5.41, 5.74) is 0. The van der Waals surface area contributed by atoms with Crippen molar-refractivity contribution >= 4 is 17.9 Å². The Labute approximate surface area is 472 Å². The Kier molecular flexibility index (Phi) is 62.2. The van der Waals surface area contributed by atoms with Gasteiger partial charge in [0.25, 0.3) is 0 Å². The molecule has 0 aliphatic rings. The molecular weight excluding hydrogens is 937 g/mol. The lowest BCUT2D eigenvalue weighted by Crippen LogP contribution is -2.30. The molecule has 0 spiro atoms. The average molecular weight is 1060 g/mol. The minimum atomic E-state index is -0.787. The van der Waals surface area contributed by atoms with E-state index in [4.69, 9.17) is 14.2 Å². The largest absolute Gasteiger partial charge is 0.462 e. The molecule has 0 aromatic rings. The number of allylic oxidation sites excluding steroid dienone is 10. The molecule has 442 valence electrons. The predicted octanol–water partition coefficient (Wildman–Crippen LogP) is 22.7. The second-order valence-corrected chi connectivity index (χ2v) is 22.4. The highest BCUT2D eigenvalue weighted by atomic mass is 16.6. The normalized spacial score (nSPS) is 12.4. The third kappa shape index (κ3) is 62.0. The average Bonchev–Trinajstić information content (AvgIpc) is 3.42. The monoisotopic (exact) mass is 1060 g/mol. The number of hydrogen-bond acceptors (Lipinski definition) is 6. The molecule has 0 saturated carbocycles. The Morgan fingerprint density at radius 2 is 0.500 bits per heavy atom. The number of esters is 3. The van der Waals surface area contributed by atoms with Gasteiger partial charge in [0, 0.05) is 19.3 Å². The predicted molar refractivity (Wildman–Crippen MR) is 330 cm³/mol. The fourth-order valence-corrected chi connectivity index (χ4v) is 9.68. The molecule has 0 N–H and O–H groups in total. The van der Waals surface area contributed by atoms with Gasteiger partial charge in [-0.2, -0.15) is 0 Å². The molecule has 6 heteroatoms. The molecule has 0 saturated heterocycles. The van der Waals surface area contributed by atoms with Crippen LogP contribution in [0.1, 0.15) is 348 Å². The van der Waals surface area contributed by atoms with Gasteiger partial charge in [-0.3, -0.25) is 14.4 Å². The summed E-state index contributed by atoms with van der Waals surface area (Å²) in [6.07, 6.45) is 82.5. The number of ether oxygens (including phenoxy) is 3. The number of unbranched alkanes of at least 4 members (excludes halogenated alkanes) is 40. The maximum atomic E-state index is 12.9. The van der Waals surface area contributed by atoms with Crippen LogP contribution in [0.3, 0.4) is 0 Å². The van der Waals surface area contributed by atoms with Crippen LogP contribution in [0.25, 0.3) is 0 Å². The van der Waals surface area contributed by atoms with Crippen LogP contribution in [0.15, 0.2) is 60.8 Å². The highest BCUT2D eigenvalue weighted by molar-refractivity contribution is 5.71. The van der Waals surface area contributed by atoms with E-state index in [9.17, 15) is 14.4 Å². The SMILES string of the molecule is CCC/C=C\C/C=C\CCCCCCCC(=O)OCC(COC(=O)CCCCCCCCCCCCCCCCCCC/C=C\CCCCCCCCCC)OC(=O)CCCCCCC/C=C\C/C=C\CCCCCC. The zero-order valence-electron chi connectivity index (χ0n) is 50.8. The minimum absolute atomic E-state index is 0.0820. The summed E-state index contributed by atoms with van der Waals surface area (Å²) < 4.78 is 16.9. The minimum Gasteiger partial charge on any atom is -0.462 e. The Bertz CT molecular complexity index is 1360. The lowest BCUT2D eigenvalue weighted by Gasteiger charge is -2.18. The molecule has 1 unspecified atom stereocenters. The van der Waals surface area contributed by atoms with Crippen LogP contribution >= 0.6 is 0 Å². The fraction of sp³-hybridized carbons (Fsp3) is 0.814. The Morgan fingerprint density at radius 3 is 0.803 bits per heavy atom. The number of hydrogen-bond donors (Lipinski definition) is 0. The topological polar surface area (TPSA) is 78.9 Å². The summed E-state index contributed by atoms with van der Waals surface area (Å²) in [5, 5.41) is 0. The van der Waals surface area contributed by atoms with Crippen LogP contribution < -0.4 is 0 Å². The molecule has 0 aliphatic heterocycles. The fourth-order valence-electron chi connectivity index (χ4n) is 9.68. The van der Waals surface area contributed by atoms with E-state index in [2.05, 4.69) is 81.5 Å². The first-order chi connectivity index (χ1) is 37.5. The molecule has 0 heterocycles. The second-order valence-electron chi connectivity index (χ2n) is 22.4. The Morgan fingerprint density at radius 1 is 0.263 bits per heavy atom. The van der Waals surface area contributed by atoms with Crippen LogP contribution in [0.5, 0.6) is 0 Å². The van der Waals surface area contributed by atoms with Gasteiger partial charge in [-0.15, -0.1) is 0 Å². The molecule has 0 radical (unpaired) electrons. The molecule has 76 heavy (non-hydrogen) atoms. The van der Waals surface area contributed by atoms with Crippen molar-refractivity contribution in [2.45, 2.75) is 354 Å². The van der Waals surface area contributed by atoms with E-state index in [0.717, 1.165) is 109 Å². The second kappa shape index (κ2) is 64.6. The van der Waals surface area contributed by atoms with Crippen LogP contribution in [0, 0.1) is 0 Å². The Balaban J connectivity index is 4.20. The van der Waals surface area contributed by atoms with E-state index in [1.807, 2.05) is 0 Å². The van der Waals surface area contributed by atoms with E-state index in [1.54, 1.807) is 0 Å². The van der Waals surface area contributed by atoms with Gasteiger partial charge in [0.2, 0.25) is 0 Å². The van der Waals surface area contributed by atoms with Crippen LogP contribution in [0.4, 0.5) is 0 Å². The molecule has 0 bridgehead atoms. The highest BCUT2D eigenvalue weighted by Gasteiger charge is 2.19. The highest BCUT2D eigenvalue weighted by Crippen LogP contribution is 2.17. The van der Waals surface area contributed by atoms with E-state index in [0.29, 0.717) is 19.3 Å². The summed E-state index contributed by atoms with van der Waals surface area (Å²) >= 11 is 0. The van der Waals surface area contributed by atoms with Crippen molar-refractivity contribution in [2.75, 3.05) is 13.2 Å². The molecule has 0 amide bonds. The van der Waals surface area contributed by atoms with Crippen molar-refractivity contribution in [2.24, 2.45) is 0 Å². The molecule has 0 aromatic carbocycles. The molecular formula is C70H126O6. The van der Waals surface area contributed by atoms with E-state index in [1.165, 1.54) is 199 Å². The number of carbonyl (C=O) groups is 3. The first kappa shape index (κ1) is 73.1. The van der Waals surface area contributed by atoms with Gasteiger partial charge in [0.1, 0.15) is 13.2 Å². The Hall–Kier alpha value is -2.89. The maximum Gasteiger partial charge on any atom is 0.306 e. The van der Waals surface area contributed by atoms with Gasteiger partial charge < -0.3 is 14.2 Å². The van der Waals surface area contributed by atoms with Crippen molar-refractivity contribution in [3.8, 4) is 0 Å². The summed E-state index contributed by atoms with van der Waals surface area (Å²) in [7, 11) is 0. The summed E-state index contributed by atoms with van der Waals surface area (Å²) in [5.74, 6) is -0.894. The number of carbonyl (C=O) groups excluding carboxylic acids is 3. The van der Waals surface area contributed by atoms with Crippen molar-refractivity contribution in [3.63, 3.8) is 0 Å². The van der Waals surface area contributed by atoms with E-state index < -0.39 is 6.10 Å². The van der Waals surface area contributed by atoms with Crippen molar-refractivity contribution in [3.05, 3.63) is 60.8 Å². The third-order valence-corrected chi connectivity index (χ3v) is 14.7. The van der Waals surface area contributed by atoms with Crippen LogP contribution in [0.2, 0.25) is 0 Å². The molecule has 1 atom stereocenters. The van der Waals surface area contributed by atoms with Crippen LogP contribution in [-0.2, 0) is 28.6 Å². The van der Waals surface area contributed by atoms with Crippen molar-refractivity contribution in [1.82, 2.24) is 0 Å². The van der Waals surface area contributed by atoms with Gasteiger partial charge >= 0.3 is 17.9 Å². The summed E-state index contributed by atoms with van der Waals surface area (Å²) in [4.78, 5) is 38.3. The van der Waals surface area contributed by atoms with Gasteiger partial charge in [-0.05, 0) is 103 Å². The summed E-state index contributed by atoms with van der Waals surface area (Å²) in [6.45, 7) is 6.58. The van der Waals surface area contributed by atoms with E-state index >= 15 is 0 Å². The standard InChI is InChI=1S/C70H126O6/c1-4-7-10-13-16-19-22-25-27-29-30-31-32-33-34-35-36-37-38-39-40-41-43-45-48-51-54-57-60-63-69(72)75-66-67(65-74-68(71)62-59-56-53-50-47-44-24-21-18-15-12-9-6-3)76-70(73)64-61-58-55-52-49-46-42-28-26-23-20-17-14-11-8-5-2/h12,15,20-21,23-24,28-30,42,67H,4-11,13-14,16-19,22,25-27,31-41,43-66H2,1-3H3/b15-12-,23-20-,24-21-,30-29-,42-28-. The lowest BCUT2D eigenvalue weighted by atomic mass is 10.0. The quantitative estimate of drug-likeness (QED) is 0.0261. The zero-order chi connectivity index (χ0) is 55.0. The van der Waals surface area contributed by atoms with E-state index in [-0.39, 0.29) is 31.1 Å². The smallest absolute Gasteiger partial charge is 0.306 e. The third-order valence-electron chi connectivity index (χ3n) is 14.7. The van der Waals surface area contributed by atoms with Gasteiger partial charge in [-0.25, -0.2) is 0 Å². The van der Waals surface area contributed by atoms with Gasteiger partial charge in [0.05, 0.1) is 0 Å². The molecule has 0 rings (SSSR count). The molecule has 0 aromatic heterocycles. The molecule has 0 fully saturated rings. The molecule has 6 nitrogen and oxygen atoms in total. The number of rotatable bonds is 61. The van der Waals surface area contributed by atoms with Crippen molar-refractivity contribution in [1.29, 1.82) is 0 Å². The van der Waals surface area contributed by atoms with Gasteiger partial charge in [-0.1, -0.05) is 287 Å². The lowest BCUT2D eigenvalue weighted by molar-refractivity contribution is -0.167. The van der Waals surface area contributed by atoms with Crippen molar-refractivity contribution < 1.29 is 28.6 Å². The zero-order valence-corrected chi connectivity index (χ0v) is 50.8. The maximum absolute atomic E-state index is 12.9. The van der Waals surface area contributed by atoms with Gasteiger partial charge in [0.15, 0.2) is 6.10 Å². The first-order valence-electron chi connectivity index (χ1n) is 33.3. The first-order valence-corrected chi connectivity index (χ1v) is 33.3. The van der Waals surface area contributed by atoms with Crippen LogP contribution in [-0.4, -0.2) is 37.2 Å².